The summed E-state index contributed by atoms with van der Waals surface area (Å²) in [7, 11) is 0. The second-order valence-corrected chi connectivity index (χ2v) is 17.2. The first-order valence-electron chi connectivity index (χ1n) is 19.8. The summed E-state index contributed by atoms with van der Waals surface area (Å²) in [6.07, 6.45) is 0. The van der Waals surface area contributed by atoms with Gasteiger partial charge < -0.3 is 0 Å². The number of nitrogens with zero attached hydrogens (tertiary/aromatic N) is 3. The van der Waals surface area contributed by atoms with Gasteiger partial charge in [0.05, 0.1) is 0 Å². The van der Waals surface area contributed by atoms with Gasteiger partial charge in [0.2, 0.25) is 0 Å². The van der Waals surface area contributed by atoms with Gasteiger partial charge in [0.15, 0.2) is 0 Å². The predicted octanol–water partition coefficient (Wildman–Crippen LogP) is 14.8. The topological polar surface area (TPSA) is 10.9 Å². The zero-order valence-electron chi connectivity index (χ0n) is 31.5. The van der Waals surface area contributed by atoms with Crippen LogP contribution in [0.3, 0.4) is 0 Å². The van der Waals surface area contributed by atoms with Gasteiger partial charge in [-0.05, 0) is 0 Å². The van der Waals surface area contributed by atoms with Crippen LogP contribution in [0.25, 0.3) is 68.5 Å². The van der Waals surface area contributed by atoms with Crippen molar-refractivity contribution in [2.24, 2.45) is 0 Å². The number of hydrogen-bond acceptors (Lipinski definition) is 2. The summed E-state index contributed by atoms with van der Waals surface area (Å²) in [6, 6.07) is 77.6. The Morgan fingerprint density at radius 3 is 1.41 bits per heavy atom. The van der Waals surface area contributed by atoms with E-state index in [9.17, 15) is 0 Å². The minimum atomic E-state index is 0.167. The van der Waals surface area contributed by atoms with E-state index in [4.69, 9.17) is 0 Å². The van der Waals surface area contributed by atoms with Crippen molar-refractivity contribution in [1.82, 2.24) is 4.40 Å². The standard InChI is InChI=1S/C54H35N3Se/c1-5-16-38(17-6-1)55(39-18-7-2-8-19-39)42-30-28-36(29-31-42)37-32-49-53-51(33-37)58-50-27-15-25-45(52(50)53)47-35-43(34-46-44-24-13-14-26-48(44)57(49)54(46)47)56(40-20-9-3-10-21-40)41-22-11-4-12-23-41/h1-35H. The molecule has 0 aliphatic heterocycles. The second kappa shape index (κ2) is 13.2. The molecule has 0 bridgehead atoms. The molecule has 12 rings (SSSR count). The van der Waals surface area contributed by atoms with E-state index < -0.39 is 0 Å². The Hall–Kier alpha value is -7.10. The first-order chi connectivity index (χ1) is 28.8. The Labute approximate surface area is 341 Å². The fraction of sp³-hybridized carbons (Fsp3) is 0. The molecule has 0 spiro atoms. The van der Waals surface area contributed by atoms with Crippen LogP contribution in [0.1, 0.15) is 0 Å². The summed E-state index contributed by atoms with van der Waals surface area (Å²) >= 11 is 0.167. The molecule has 0 saturated heterocycles. The Morgan fingerprint density at radius 1 is 0.310 bits per heavy atom. The summed E-state index contributed by atoms with van der Waals surface area (Å²) in [6.45, 7) is 0. The van der Waals surface area contributed by atoms with Gasteiger partial charge in [-0.25, -0.2) is 0 Å². The van der Waals surface area contributed by atoms with Crippen molar-refractivity contribution < 1.29 is 0 Å². The summed E-state index contributed by atoms with van der Waals surface area (Å²) < 4.78 is 5.47. The molecule has 3 nitrogen and oxygen atoms in total. The van der Waals surface area contributed by atoms with Gasteiger partial charge in [0, 0.05) is 0 Å². The molecule has 58 heavy (non-hydrogen) atoms. The summed E-state index contributed by atoms with van der Waals surface area (Å²) in [5.74, 6) is 0. The van der Waals surface area contributed by atoms with Crippen LogP contribution in [-0.2, 0) is 0 Å². The van der Waals surface area contributed by atoms with Crippen LogP contribution >= 0.6 is 0 Å². The van der Waals surface area contributed by atoms with E-state index in [-0.39, 0.29) is 14.5 Å². The van der Waals surface area contributed by atoms with Crippen molar-refractivity contribution in [3.8, 4) is 11.1 Å². The number of para-hydroxylation sites is 5. The van der Waals surface area contributed by atoms with Crippen molar-refractivity contribution in [2.45, 2.75) is 0 Å². The Kier molecular flexibility index (Phi) is 7.56. The third-order valence-corrected chi connectivity index (χ3v) is 13.9. The first kappa shape index (κ1) is 33.1. The molecular weight excluding hydrogens is 770 g/mol. The number of rotatable bonds is 7. The van der Waals surface area contributed by atoms with E-state index in [1.807, 2.05) is 0 Å². The molecule has 0 aliphatic rings. The molecule has 3 aromatic heterocycles. The third kappa shape index (κ3) is 5.13. The maximum absolute atomic E-state index is 2.58. The van der Waals surface area contributed by atoms with Crippen LogP contribution in [0.15, 0.2) is 212 Å². The van der Waals surface area contributed by atoms with E-state index >= 15 is 0 Å². The summed E-state index contributed by atoms with van der Waals surface area (Å²) in [5, 5.41) is 7.88. The van der Waals surface area contributed by atoms with Crippen LogP contribution < -0.4 is 9.80 Å². The van der Waals surface area contributed by atoms with Gasteiger partial charge in [-0.1, -0.05) is 0 Å². The van der Waals surface area contributed by atoms with Gasteiger partial charge >= 0.3 is 344 Å². The van der Waals surface area contributed by atoms with Crippen LogP contribution in [0.5, 0.6) is 0 Å². The van der Waals surface area contributed by atoms with E-state index in [0.29, 0.717) is 0 Å². The fourth-order valence-corrected chi connectivity index (χ4v) is 11.7. The van der Waals surface area contributed by atoms with Gasteiger partial charge in [-0.2, -0.15) is 0 Å². The van der Waals surface area contributed by atoms with E-state index in [2.05, 4.69) is 227 Å². The molecule has 9 aromatic carbocycles. The molecule has 4 heteroatoms. The molecule has 0 atom stereocenters. The predicted molar refractivity (Wildman–Crippen MR) is 248 cm³/mol. The van der Waals surface area contributed by atoms with Crippen LogP contribution in [0, 0.1) is 0 Å². The van der Waals surface area contributed by atoms with Crippen molar-refractivity contribution >= 4 is 106 Å². The van der Waals surface area contributed by atoms with Gasteiger partial charge in [0.1, 0.15) is 0 Å². The molecule has 0 aliphatic carbocycles. The van der Waals surface area contributed by atoms with Crippen molar-refractivity contribution in [2.75, 3.05) is 9.80 Å². The van der Waals surface area contributed by atoms with Crippen molar-refractivity contribution in [3.05, 3.63) is 212 Å². The monoisotopic (exact) mass is 805 g/mol. The number of fused-ring (bicyclic) bond motifs is 5. The SMILES string of the molecule is c1ccc(N(c2ccccc2)c2ccc(-c3cc4[se]c5cccc6c7cc(N(c8ccccc8)c8ccccc8)cc8c9ccccc9n(c(c3)c4c56)c78)cc2)cc1. The van der Waals surface area contributed by atoms with Crippen molar-refractivity contribution in [1.29, 1.82) is 0 Å². The van der Waals surface area contributed by atoms with Crippen LogP contribution in [0.4, 0.5) is 34.1 Å². The molecule has 272 valence electrons. The number of aromatic nitrogens is 1. The minimum absolute atomic E-state index is 0.167. The van der Waals surface area contributed by atoms with Crippen LogP contribution in [0.2, 0.25) is 0 Å². The molecule has 0 unspecified atom stereocenters. The van der Waals surface area contributed by atoms with E-state index in [1.54, 1.807) is 0 Å². The Balaban J connectivity index is 1.13. The van der Waals surface area contributed by atoms with E-state index in [1.165, 1.54) is 68.5 Å². The maximum atomic E-state index is 2.58. The normalized spacial score (nSPS) is 11.8. The molecule has 0 fully saturated rings. The molecule has 3 heterocycles. The van der Waals surface area contributed by atoms with Gasteiger partial charge in [0.25, 0.3) is 0 Å². The zero-order valence-corrected chi connectivity index (χ0v) is 33.2. The molecular formula is C54H35N3Se. The average molecular weight is 805 g/mol. The molecule has 0 amide bonds. The number of benzene rings is 9. The fourth-order valence-electron chi connectivity index (χ4n) is 9.17. The summed E-state index contributed by atoms with van der Waals surface area (Å²) in [5.41, 5.74) is 13.0. The molecule has 0 saturated carbocycles. The molecule has 0 radical (unpaired) electrons. The average Bonchev–Trinajstić information content (AvgIpc) is 3.80. The Morgan fingerprint density at radius 2 is 0.810 bits per heavy atom. The summed E-state index contributed by atoms with van der Waals surface area (Å²) in [4.78, 5) is 4.73. The Bertz CT molecular complexity index is 3350. The number of hydrogen-bond donors (Lipinski definition) is 0. The van der Waals surface area contributed by atoms with Gasteiger partial charge in [-0.15, -0.1) is 0 Å². The quantitative estimate of drug-likeness (QED) is 0.149. The first-order valence-corrected chi connectivity index (χ1v) is 21.5. The number of anilines is 6. The zero-order chi connectivity index (χ0) is 38.2. The molecule has 12 aromatic rings. The van der Waals surface area contributed by atoms with Crippen molar-refractivity contribution in [3.63, 3.8) is 0 Å². The van der Waals surface area contributed by atoms with Crippen LogP contribution in [-0.4, -0.2) is 18.9 Å². The van der Waals surface area contributed by atoms with Gasteiger partial charge in [-0.3, -0.25) is 0 Å². The second-order valence-electron chi connectivity index (χ2n) is 15.0. The molecule has 0 N–H and O–H groups in total. The third-order valence-electron chi connectivity index (χ3n) is 11.6. The van der Waals surface area contributed by atoms with E-state index in [0.717, 1.165) is 34.1 Å².